The molecule has 1 aromatic heterocycles. The first-order valence-corrected chi connectivity index (χ1v) is 5.56. The molecule has 1 heterocycles. The highest BCUT2D eigenvalue weighted by molar-refractivity contribution is 7.09. The van der Waals surface area contributed by atoms with Crippen molar-refractivity contribution in [2.24, 2.45) is 5.73 Å². The largest absolute Gasteiger partial charge is 0.356 e. The van der Waals surface area contributed by atoms with Crippen molar-refractivity contribution in [2.75, 3.05) is 13.1 Å². The lowest BCUT2D eigenvalue weighted by Gasteiger charge is -2.02. The van der Waals surface area contributed by atoms with Gasteiger partial charge in [-0.15, -0.1) is 11.3 Å². The number of rotatable bonds is 6. The van der Waals surface area contributed by atoms with Crippen molar-refractivity contribution in [3.63, 3.8) is 0 Å². The molecule has 5 heteroatoms. The number of amides is 1. The zero-order valence-electron chi connectivity index (χ0n) is 8.03. The Kier molecular flexibility index (Phi) is 5.17. The van der Waals surface area contributed by atoms with Crippen molar-refractivity contribution < 1.29 is 4.79 Å². The second-order valence-electron chi connectivity index (χ2n) is 2.92. The summed E-state index contributed by atoms with van der Waals surface area (Å²) in [6.45, 7) is 1.23. The number of hydrogen-bond donors (Lipinski definition) is 2. The molecular formula is C9H15N3OS. The summed E-state index contributed by atoms with van der Waals surface area (Å²) in [5.74, 6) is 0.0759. The Morgan fingerprint density at radius 3 is 3.14 bits per heavy atom. The first-order chi connectivity index (χ1) is 6.83. The molecule has 0 aliphatic heterocycles. The van der Waals surface area contributed by atoms with E-state index in [4.69, 9.17) is 5.73 Å². The van der Waals surface area contributed by atoms with Crippen LogP contribution in [0.15, 0.2) is 11.6 Å². The van der Waals surface area contributed by atoms with E-state index in [0.717, 1.165) is 17.8 Å². The van der Waals surface area contributed by atoms with Gasteiger partial charge in [0.2, 0.25) is 5.91 Å². The molecule has 1 amide bonds. The summed E-state index contributed by atoms with van der Waals surface area (Å²) in [6, 6.07) is 0. The van der Waals surface area contributed by atoms with Crippen molar-refractivity contribution >= 4 is 17.2 Å². The summed E-state index contributed by atoms with van der Waals surface area (Å²) in [7, 11) is 0. The molecule has 0 aromatic carbocycles. The minimum atomic E-state index is 0.0759. The summed E-state index contributed by atoms with van der Waals surface area (Å²) in [4.78, 5) is 15.3. The minimum Gasteiger partial charge on any atom is -0.356 e. The smallest absolute Gasteiger partial charge is 0.220 e. The van der Waals surface area contributed by atoms with Crippen molar-refractivity contribution in [2.45, 2.75) is 19.3 Å². The van der Waals surface area contributed by atoms with Gasteiger partial charge in [-0.3, -0.25) is 4.79 Å². The van der Waals surface area contributed by atoms with Crippen LogP contribution >= 0.6 is 11.3 Å². The molecule has 1 aromatic rings. The lowest BCUT2D eigenvalue weighted by atomic mass is 10.3. The molecule has 0 spiro atoms. The summed E-state index contributed by atoms with van der Waals surface area (Å²) < 4.78 is 0. The molecule has 1 rings (SSSR count). The van der Waals surface area contributed by atoms with Gasteiger partial charge in [0, 0.05) is 31.0 Å². The quantitative estimate of drug-likeness (QED) is 0.724. The van der Waals surface area contributed by atoms with Gasteiger partial charge < -0.3 is 11.1 Å². The molecule has 4 nitrogen and oxygen atoms in total. The molecule has 14 heavy (non-hydrogen) atoms. The number of nitrogens with zero attached hydrogens (tertiary/aromatic N) is 1. The highest BCUT2D eigenvalue weighted by Crippen LogP contribution is 2.03. The third kappa shape index (κ3) is 4.34. The van der Waals surface area contributed by atoms with Crippen molar-refractivity contribution in [1.82, 2.24) is 10.3 Å². The Bertz CT molecular complexity index is 261. The van der Waals surface area contributed by atoms with Crippen molar-refractivity contribution in [3.05, 3.63) is 16.6 Å². The van der Waals surface area contributed by atoms with Crippen LogP contribution in [0, 0.1) is 0 Å². The average Bonchev–Trinajstić information content (AvgIpc) is 2.67. The van der Waals surface area contributed by atoms with Gasteiger partial charge in [0.05, 0.1) is 5.01 Å². The van der Waals surface area contributed by atoms with E-state index < -0.39 is 0 Å². The van der Waals surface area contributed by atoms with Crippen LogP contribution in [-0.2, 0) is 11.2 Å². The maximum absolute atomic E-state index is 11.1. The van der Waals surface area contributed by atoms with Crippen LogP contribution in [0.5, 0.6) is 0 Å². The molecule has 0 bridgehead atoms. The third-order valence-corrected chi connectivity index (χ3v) is 2.59. The second kappa shape index (κ2) is 6.50. The van der Waals surface area contributed by atoms with Gasteiger partial charge in [0.25, 0.3) is 0 Å². The van der Waals surface area contributed by atoms with Crippen molar-refractivity contribution in [3.8, 4) is 0 Å². The Hall–Kier alpha value is -0.940. The number of nitrogens with two attached hydrogens (primary N) is 1. The van der Waals surface area contributed by atoms with Crippen LogP contribution in [-0.4, -0.2) is 24.0 Å². The van der Waals surface area contributed by atoms with Gasteiger partial charge in [-0.2, -0.15) is 0 Å². The first-order valence-electron chi connectivity index (χ1n) is 4.68. The minimum absolute atomic E-state index is 0.0759. The third-order valence-electron chi connectivity index (χ3n) is 1.75. The monoisotopic (exact) mass is 213 g/mol. The molecule has 0 fully saturated rings. The Balaban J connectivity index is 2.06. The van der Waals surface area contributed by atoms with Gasteiger partial charge in [0.15, 0.2) is 0 Å². The number of nitrogens with one attached hydrogen (secondary N) is 1. The molecule has 0 unspecified atom stereocenters. The normalized spacial score (nSPS) is 10.1. The first kappa shape index (κ1) is 11.1. The van der Waals surface area contributed by atoms with Crippen LogP contribution in [0.4, 0.5) is 0 Å². The summed E-state index contributed by atoms with van der Waals surface area (Å²) >= 11 is 1.61. The van der Waals surface area contributed by atoms with Gasteiger partial charge in [-0.1, -0.05) is 0 Å². The van der Waals surface area contributed by atoms with Gasteiger partial charge >= 0.3 is 0 Å². The molecule has 0 atom stereocenters. The highest BCUT2D eigenvalue weighted by Gasteiger charge is 2.00. The molecule has 78 valence electrons. The highest BCUT2D eigenvalue weighted by atomic mass is 32.1. The summed E-state index contributed by atoms with van der Waals surface area (Å²) in [5.41, 5.74) is 5.29. The van der Waals surface area contributed by atoms with Crippen LogP contribution in [0.1, 0.15) is 17.8 Å². The molecule has 0 saturated carbocycles. The van der Waals surface area contributed by atoms with Gasteiger partial charge in [0.1, 0.15) is 0 Å². The molecule has 0 aliphatic rings. The molecule has 0 aliphatic carbocycles. The van der Waals surface area contributed by atoms with Crippen LogP contribution in [0.2, 0.25) is 0 Å². The molecule has 0 saturated heterocycles. The van der Waals surface area contributed by atoms with Crippen LogP contribution < -0.4 is 11.1 Å². The van der Waals surface area contributed by atoms with Crippen LogP contribution in [0.25, 0.3) is 0 Å². The number of thiazole rings is 1. The van der Waals surface area contributed by atoms with E-state index >= 15 is 0 Å². The fraction of sp³-hybridized carbons (Fsp3) is 0.556. The van der Waals surface area contributed by atoms with E-state index in [1.54, 1.807) is 17.5 Å². The lowest BCUT2D eigenvalue weighted by molar-refractivity contribution is -0.121. The van der Waals surface area contributed by atoms with E-state index in [9.17, 15) is 4.79 Å². The van der Waals surface area contributed by atoms with E-state index in [2.05, 4.69) is 10.3 Å². The molecule has 0 radical (unpaired) electrons. The zero-order valence-corrected chi connectivity index (χ0v) is 8.85. The van der Waals surface area contributed by atoms with E-state index in [1.165, 1.54) is 0 Å². The molecule has 3 N–H and O–H groups in total. The zero-order chi connectivity index (χ0) is 10.2. The molecular weight excluding hydrogens is 198 g/mol. The Morgan fingerprint density at radius 1 is 1.64 bits per heavy atom. The topological polar surface area (TPSA) is 68.0 Å². The fourth-order valence-electron chi connectivity index (χ4n) is 1.04. The number of carbonyl (C=O) groups is 1. The lowest BCUT2D eigenvalue weighted by Crippen LogP contribution is -2.25. The van der Waals surface area contributed by atoms with Gasteiger partial charge in [-0.25, -0.2) is 4.98 Å². The Labute approximate surface area is 87.5 Å². The fourth-order valence-corrected chi connectivity index (χ4v) is 1.66. The van der Waals surface area contributed by atoms with Crippen molar-refractivity contribution in [1.29, 1.82) is 0 Å². The second-order valence-corrected chi connectivity index (χ2v) is 3.90. The Morgan fingerprint density at radius 2 is 2.50 bits per heavy atom. The predicted molar refractivity (Wildman–Crippen MR) is 57.1 cm³/mol. The van der Waals surface area contributed by atoms with Crippen LogP contribution in [0.3, 0.4) is 0 Å². The number of carbonyl (C=O) groups excluding carboxylic acids is 1. The average molecular weight is 213 g/mol. The van der Waals surface area contributed by atoms with Gasteiger partial charge in [-0.05, 0) is 13.0 Å². The maximum Gasteiger partial charge on any atom is 0.220 e. The number of hydrogen-bond acceptors (Lipinski definition) is 4. The van der Waals surface area contributed by atoms with E-state index in [-0.39, 0.29) is 5.91 Å². The SMILES string of the molecule is NCCCC(=O)NCCc1nccs1. The standard InChI is InChI=1S/C9H15N3OS/c10-4-1-2-8(13)11-5-3-9-12-6-7-14-9/h6-7H,1-5,10H2,(H,11,13). The van der Waals surface area contributed by atoms with E-state index in [1.807, 2.05) is 5.38 Å². The predicted octanol–water partition coefficient (Wildman–Crippen LogP) is 0.541. The van der Waals surface area contributed by atoms with E-state index in [0.29, 0.717) is 19.5 Å². The summed E-state index contributed by atoms with van der Waals surface area (Å²) in [5, 5.41) is 5.82. The maximum atomic E-state index is 11.1. The number of aromatic nitrogens is 1. The summed E-state index contributed by atoms with van der Waals surface area (Å²) in [6.07, 6.45) is 3.86.